The maximum absolute atomic E-state index is 13.2. The topological polar surface area (TPSA) is 70.6 Å². The minimum absolute atomic E-state index is 0.0486. The molecule has 0 aliphatic carbocycles. The highest BCUT2D eigenvalue weighted by molar-refractivity contribution is 7.91. The van der Waals surface area contributed by atoms with Gasteiger partial charge < -0.3 is 4.90 Å². The summed E-state index contributed by atoms with van der Waals surface area (Å²) in [5.41, 5.74) is 3.14. The first-order valence-electron chi connectivity index (χ1n) is 11.3. The zero-order valence-corrected chi connectivity index (χ0v) is 21.5. The molecule has 0 atom stereocenters. The maximum atomic E-state index is 13.2. The molecule has 0 saturated heterocycles. The second-order valence-corrected chi connectivity index (χ2v) is 11.7. The van der Waals surface area contributed by atoms with E-state index >= 15 is 0 Å². The fraction of sp³-hybridized carbons (Fsp3) is 0.440. The van der Waals surface area contributed by atoms with Gasteiger partial charge in [0.25, 0.3) is 0 Å². The minimum Gasteiger partial charge on any atom is -0.309 e. The summed E-state index contributed by atoms with van der Waals surface area (Å²) in [7, 11) is 0.602. The molecular formula is C25H33N3O3S2. The van der Waals surface area contributed by atoms with Crippen LogP contribution in [0.15, 0.2) is 47.4 Å². The summed E-state index contributed by atoms with van der Waals surface area (Å²) in [5.74, 6) is -0.129. The van der Waals surface area contributed by atoms with Crippen molar-refractivity contribution in [3.63, 3.8) is 0 Å². The van der Waals surface area contributed by atoms with Gasteiger partial charge in [0.05, 0.1) is 20.9 Å². The fourth-order valence-electron chi connectivity index (χ4n) is 3.58. The Morgan fingerprint density at radius 3 is 2.42 bits per heavy atom. The molecule has 33 heavy (non-hydrogen) atoms. The number of aromatic nitrogens is 1. The Hall–Kier alpha value is -2.29. The molecule has 3 rings (SSSR count). The standard InChI is InChI=1S/C25H33N3O3S2/c1-5-20-11-14-22-23(18-20)32-25(26-22)28(16-7-15-27(3)4)24(29)8-6-17-33(30,31)21-12-9-19(2)10-13-21/h9-14,18H,5-8,15-17H2,1-4H3. The zero-order chi connectivity index (χ0) is 24.0. The van der Waals surface area contributed by atoms with E-state index in [2.05, 4.69) is 24.0 Å². The molecule has 0 N–H and O–H groups in total. The van der Waals surface area contributed by atoms with Gasteiger partial charge in [0, 0.05) is 13.0 Å². The summed E-state index contributed by atoms with van der Waals surface area (Å²) in [4.78, 5) is 22.0. The number of hydrogen-bond acceptors (Lipinski definition) is 6. The van der Waals surface area contributed by atoms with E-state index < -0.39 is 9.84 Å². The van der Waals surface area contributed by atoms with Crippen LogP contribution >= 0.6 is 11.3 Å². The Morgan fingerprint density at radius 1 is 1.03 bits per heavy atom. The summed E-state index contributed by atoms with van der Waals surface area (Å²) < 4.78 is 26.4. The number of nitrogens with zero attached hydrogens (tertiary/aromatic N) is 3. The van der Waals surface area contributed by atoms with Crippen molar-refractivity contribution in [2.45, 2.75) is 44.4 Å². The lowest BCUT2D eigenvalue weighted by atomic mass is 10.2. The summed E-state index contributed by atoms with van der Waals surface area (Å²) in [5, 5.41) is 0.684. The Kier molecular flexibility index (Phi) is 8.62. The van der Waals surface area contributed by atoms with Crippen LogP contribution in [0.3, 0.4) is 0 Å². The summed E-state index contributed by atoms with van der Waals surface area (Å²) in [6, 6.07) is 13.1. The molecule has 8 heteroatoms. The van der Waals surface area contributed by atoms with Crippen LogP contribution in [0.4, 0.5) is 5.13 Å². The number of hydrogen-bond donors (Lipinski definition) is 0. The van der Waals surface area contributed by atoms with Crippen molar-refractivity contribution in [2.75, 3.05) is 37.8 Å². The Morgan fingerprint density at radius 2 is 1.76 bits per heavy atom. The third-order valence-electron chi connectivity index (χ3n) is 5.55. The first-order chi connectivity index (χ1) is 15.7. The maximum Gasteiger partial charge on any atom is 0.228 e. The molecule has 1 aromatic heterocycles. The van der Waals surface area contributed by atoms with Crippen LogP contribution in [-0.4, -0.2) is 57.1 Å². The molecule has 0 aliphatic rings. The first kappa shape index (κ1) is 25.3. The lowest BCUT2D eigenvalue weighted by molar-refractivity contribution is -0.118. The number of anilines is 1. The van der Waals surface area contributed by atoms with Gasteiger partial charge in [-0.2, -0.15) is 0 Å². The van der Waals surface area contributed by atoms with Crippen LogP contribution < -0.4 is 4.90 Å². The lowest BCUT2D eigenvalue weighted by Crippen LogP contribution is -2.33. The van der Waals surface area contributed by atoms with Gasteiger partial charge in [0.15, 0.2) is 15.0 Å². The highest BCUT2D eigenvalue weighted by Crippen LogP contribution is 2.30. The van der Waals surface area contributed by atoms with Crippen LogP contribution in [0.25, 0.3) is 10.2 Å². The Labute approximate surface area is 201 Å². The third-order valence-corrected chi connectivity index (χ3v) is 8.41. The number of carbonyl (C=O) groups is 1. The van der Waals surface area contributed by atoms with Crippen molar-refractivity contribution in [1.29, 1.82) is 0 Å². The molecule has 3 aromatic rings. The van der Waals surface area contributed by atoms with Crippen molar-refractivity contribution >= 4 is 42.4 Å². The third kappa shape index (κ3) is 6.85. The van der Waals surface area contributed by atoms with E-state index in [1.165, 1.54) is 16.9 Å². The number of thiazole rings is 1. The number of amides is 1. The summed E-state index contributed by atoms with van der Waals surface area (Å²) >= 11 is 1.52. The largest absolute Gasteiger partial charge is 0.309 e. The van der Waals surface area contributed by atoms with Crippen LogP contribution in [0.2, 0.25) is 0 Å². The van der Waals surface area contributed by atoms with Crippen molar-refractivity contribution in [3.8, 4) is 0 Å². The normalized spacial score (nSPS) is 11.9. The van der Waals surface area contributed by atoms with Crippen LogP contribution in [0.1, 0.15) is 37.3 Å². The number of fused-ring (bicyclic) bond motifs is 1. The molecule has 0 aliphatic heterocycles. The predicted octanol–water partition coefficient (Wildman–Crippen LogP) is 4.71. The minimum atomic E-state index is -3.41. The SMILES string of the molecule is CCc1ccc2nc(N(CCCN(C)C)C(=O)CCCS(=O)(=O)c3ccc(C)cc3)sc2c1. The van der Waals surface area contributed by atoms with Gasteiger partial charge in [-0.15, -0.1) is 0 Å². The van der Waals surface area contributed by atoms with Crippen molar-refractivity contribution in [1.82, 2.24) is 9.88 Å². The lowest BCUT2D eigenvalue weighted by Gasteiger charge is -2.21. The molecule has 0 bridgehead atoms. The fourth-order valence-corrected chi connectivity index (χ4v) is 5.96. The molecule has 178 valence electrons. The van der Waals surface area contributed by atoms with Crippen LogP contribution in [0, 0.1) is 6.92 Å². The molecule has 0 saturated carbocycles. The van der Waals surface area contributed by atoms with Crippen LogP contribution in [0.5, 0.6) is 0 Å². The molecule has 0 unspecified atom stereocenters. The average molecular weight is 488 g/mol. The van der Waals surface area contributed by atoms with Gasteiger partial charge in [-0.05, 0) is 76.7 Å². The predicted molar refractivity (Wildman–Crippen MR) is 137 cm³/mol. The van der Waals surface area contributed by atoms with Gasteiger partial charge in [-0.1, -0.05) is 42.0 Å². The summed E-state index contributed by atoms with van der Waals surface area (Å²) in [6.07, 6.45) is 2.22. The second kappa shape index (κ2) is 11.2. The highest BCUT2D eigenvalue weighted by atomic mass is 32.2. The van der Waals surface area contributed by atoms with Gasteiger partial charge in [-0.3, -0.25) is 9.69 Å². The Balaban J connectivity index is 1.72. The van der Waals surface area contributed by atoms with E-state index in [-0.39, 0.29) is 24.5 Å². The number of rotatable bonds is 11. The van der Waals surface area contributed by atoms with Gasteiger partial charge >= 0.3 is 0 Å². The van der Waals surface area contributed by atoms with Crippen molar-refractivity contribution in [3.05, 3.63) is 53.6 Å². The van der Waals surface area contributed by atoms with Gasteiger partial charge in [0.1, 0.15) is 0 Å². The smallest absolute Gasteiger partial charge is 0.228 e. The van der Waals surface area contributed by atoms with E-state index in [1.54, 1.807) is 29.2 Å². The van der Waals surface area contributed by atoms with Crippen molar-refractivity contribution in [2.24, 2.45) is 0 Å². The number of carbonyl (C=O) groups excluding carboxylic acids is 1. The highest BCUT2D eigenvalue weighted by Gasteiger charge is 2.21. The van der Waals surface area contributed by atoms with Gasteiger partial charge in [-0.25, -0.2) is 13.4 Å². The monoisotopic (exact) mass is 487 g/mol. The average Bonchev–Trinajstić information content (AvgIpc) is 3.19. The molecule has 2 aromatic carbocycles. The molecule has 1 heterocycles. The molecule has 1 amide bonds. The van der Waals surface area contributed by atoms with E-state index in [0.29, 0.717) is 16.6 Å². The number of sulfone groups is 1. The zero-order valence-electron chi connectivity index (χ0n) is 19.9. The van der Waals surface area contributed by atoms with E-state index in [1.807, 2.05) is 27.1 Å². The molecule has 0 radical (unpaired) electrons. The number of aryl methyl sites for hydroxylation is 2. The molecule has 0 spiro atoms. The summed E-state index contributed by atoms with van der Waals surface area (Å²) in [6.45, 7) is 5.45. The van der Waals surface area contributed by atoms with E-state index in [9.17, 15) is 13.2 Å². The van der Waals surface area contributed by atoms with Crippen molar-refractivity contribution < 1.29 is 13.2 Å². The van der Waals surface area contributed by atoms with Gasteiger partial charge in [0.2, 0.25) is 5.91 Å². The quantitative estimate of drug-likeness (QED) is 0.392. The Bertz CT molecular complexity index is 1190. The first-order valence-corrected chi connectivity index (χ1v) is 13.8. The molecular weight excluding hydrogens is 454 g/mol. The second-order valence-electron chi connectivity index (χ2n) is 8.59. The molecule has 6 nitrogen and oxygen atoms in total. The van der Waals surface area contributed by atoms with Crippen LogP contribution in [-0.2, 0) is 21.1 Å². The van der Waals surface area contributed by atoms with E-state index in [0.717, 1.165) is 35.2 Å². The van der Waals surface area contributed by atoms with E-state index in [4.69, 9.17) is 4.98 Å². The number of benzene rings is 2. The molecule has 0 fully saturated rings.